The second-order valence-electron chi connectivity index (χ2n) is 6.74. The van der Waals surface area contributed by atoms with Crippen molar-refractivity contribution in [3.05, 3.63) is 41.2 Å². The van der Waals surface area contributed by atoms with E-state index < -0.39 is 0 Å². The highest BCUT2D eigenvalue weighted by Gasteiger charge is 2.21. The van der Waals surface area contributed by atoms with E-state index in [4.69, 9.17) is 8.94 Å². The molecule has 136 valence electrons. The monoisotopic (exact) mass is 346 g/mol. The van der Waals surface area contributed by atoms with Crippen LogP contribution in [0.3, 0.4) is 0 Å². The van der Waals surface area contributed by atoms with E-state index in [2.05, 4.69) is 15.0 Å². The maximum Gasteiger partial charge on any atom is 0.236 e. The smallest absolute Gasteiger partial charge is 0.236 e. The minimum atomic E-state index is 0.120. The van der Waals surface area contributed by atoms with Crippen LogP contribution in [0.1, 0.15) is 23.0 Å². The van der Waals surface area contributed by atoms with E-state index in [0.29, 0.717) is 13.1 Å². The van der Waals surface area contributed by atoms with Crippen LogP contribution in [0.15, 0.2) is 27.1 Å². The van der Waals surface area contributed by atoms with Crippen molar-refractivity contribution in [2.45, 2.75) is 26.9 Å². The quantitative estimate of drug-likeness (QED) is 0.793. The van der Waals surface area contributed by atoms with Crippen molar-refractivity contribution in [2.75, 3.05) is 39.8 Å². The molecule has 0 unspecified atom stereocenters. The molecule has 0 atom stereocenters. The van der Waals surface area contributed by atoms with Crippen molar-refractivity contribution in [3.8, 4) is 0 Å². The lowest BCUT2D eigenvalue weighted by Crippen LogP contribution is -2.49. The van der Waals surface area contributed by atoms with Crippen LogP contribution in [0.4, 0.5) is 0 Å². The number of nitrogens with zero attached hydrogens (tertiary/aromatic N) is 4. The Morgan fingerprint density at radius 1 is 1.16 bits per heavy atom. The summed E-state index contributed by atoms with van der Waals surface area (Å²) in [5, 5.41) is 4.04. The molecular weight excluding hydrogens is 320 g/mol. The van der Waals surface area contributed by atoms with Gasteiger partial charge < -0.3 is 13.8 Å². The van der Waals surface area contributed by atoms with Crippen LogP contribution < -0.4 is 0 Å². The molecule has 0 radical (unpaired) electrons. The number of amides is 1. The zero-order chi connectivity index (χ0) is 17.8. The number of carbonyl (C=O) groups excluding carboxylic acids is 1. The zero-order valence-electron chi connectivity index (χ0n) is 15.2. The van der Waals surface area contributed by atoms with Gasteiger partial charge in [-0.25, -0.2) is 0 Å². The molecule has 1 aliphatic heterocycles. The lowest BCUT2D eigenvalue weighted by atomic mass is 10.2. The maximum absolute atomic E-state index is 12.4. The van der Waals surface area contributed by atoms with Crippen molar-refractivity contribution < 1.29 is 13.7 Å². The first kappa shape index (κ1) is 17.7. The zero-order valence-corrected chi connectivity index (χ0v) is 15.2. The Morgan fingerprint density at radius 3 is 2.48 bits per heavy atom. The Labute approximate surface area is 148 Å². The third-order valence-corrected chi connectivity index (χ3v) is 4.50. The normalized spacial score (nSPS) is 16.3. The Morgan fingerprint density at radius 2 is 1.88 bits per heavy atom. The maximum atomic E-state index is 12.4. The first-order valence-corrected chi connectivity index (χ1v) is 8.66. The van der Waals surface area contributed by atoms with Crippen molar-refractivity contribution >= 4 is 5.91 Å². The van der Waals surface area contributed by atoms with E-state index in [0.717, 1.165) is 55.7 Å². The Hall–Kier alpha value is -2.12. The number of aryl methyl sites for hydroxylation is 2. The van der Waals surface area contributed by atoms with Crippen LogP contribution in [0, 0.1) is 13.8 Å². The molecule has 3 heterocycles. The Kier molecular flexibility index (Phi) is 5.55. The molecule has 25 heavy (non-hydrogen) atoms. The number of piperazine rings is 1. The Balaban J connectivity index is 1.41. The van der Waals surface area contributed by atoms with E-state index in [1.165, 1.54) is 0 Å². The fourth-order valence-corrected chi connectivity index (χ4v) is 3.03. The fourth-order valence-electron chi connectivity index (χ4n) is 3.03. The molecule has 0 aliphatic carbocycles. The van der Waals surface area contributed by atoms with Crippen LogP contribution in [-0.4, -0.2) is 65.5 Å². The van der Waals surface area contributed by atoms with Crippen LogP contribution in [0.2, 0.25) is 0 Å². The lowest BCUT2D eigenvalue weighted by Gasteiger charge is -2.34. The van der Waals surface area contributed by atoms with Crippen molar-refractivity contribution in [2.24, 2.45) is 0 Å². The molecule has 7 heteroatoms. The van der Waals surface area contributed by atoms with Crippen LogP contribution >= 0.6 is 0 Å². The summed E-state index contributed by atoms with van der Waals surface area (Å²) < 4.78 is 10.7. The minimum Gasteiger partial charge on any atom is -0.464 e. The number of aromatic nitrogens is 1. The van der Waals surface area contributed by atoms with Gasteiger partial charge in [-0.3, -0.25) is 14.6 Å². The second-order valence-corrected chi connectivity index (χ2v) is 6.74. The number of carbonyl (C=O) groups is 1. The predicted molar refractivity (Wildman–Crippen MR) is 92.9 cm³/mol. The molecule has 0 bridgehead atoms. The molecule has 1 saturated heterocycles. The summed E-state index contributed by atoms with van der Waals surface area (Å²) in [7, 11) is 1.82. The SMILES string of the molecule is Cc1cc(CN2CCN(CC(=O)N(C)Cc3ccc(C)o3)CC2)no1. The molecule has 7 nitrogen and oxygen atoms in total. The van der Waals surface area contributed by atoms with E-state index >= 15 is 0 Å². The van der Waals surface area contributed by atoms with Gasteiger partial charge in [0, 0.05) is 45.8 Å². The van der Waals surface area contributed by atoms with Gasteiger partial charge in [0.25, 0.3) is 0 Å². The summed E-state index contributed by atoms with van der Waals surface area (Å²) in [5.74, 6) is 2.65. The summed E-state index contributed by atoms with van der Waals surface area (Å²) in [6, 6.07) is 5.81. The summed E-state index contributed by atoms with van der Waals surface area (Å²) in [4.78, 5) is 18.7. The first-order valence-electron chi connectivity index (χ1n) is 8.66. The summed E-state index contributed by atoms with van der Waals surface area (Å²) in [6.07, 6.45) is 0. The standard InChI is InChI=1S/C18H26N4O3/c1-14-4-5-17(24-14)12-20(3)18(23)13-22-8-6-21(7-9-22)11-16-10-15(2)25-19-16/h4-5,10H,6-9,11-13H2,1-3H3. The molecule has 2 aromatic rings. The van der Waals surface area contributed by atoms with Gasteiger partial charge in [0.15, 0.2) is 0 Å². The number of hydrogen-bond acceptors (Lipinski definition) is 6. The van der Waals surface area contributed by atoms with Crippen molar-refractivity contribution in [3.63, 3.8) is 0 Å². The Bertz CT molecular complexity index is 701. The molecule has 3 rings (SSSR count). The van der Waals surface area contributed by atoms with Crippen LogP contribution in [0.25, 0.3) is 0 Å². The molecule has 0 spiro atoms. The molecule has 1 amide bonds. The minimum absolute atomic E-state index is 0.120. The van der Waals surface area contributed by atoms with E-state index in [-0.39, 0.29) is 5.91 Å². The third kappa shape index (κ3) is 4.93. The average molecular weight is 346 g/mol. The summed E-state index contributed by atoms with van der Waals surface area (Å²) >= 11 is 0. The molecule has 1 fully saturated rings. The van der Waals surface area contributed by atoms with E-state index in [1.807, 2.05) is 39.1 Å². The van der Waals surface area contributed by atoms with Gasteiger partial charge >= 0.3 is 0 Å². The van der Waals surface area contributed by atoms with Crippen molar-refractivity contribution in [1.82, 2.24) is 19.9 Å². The fraction of sp³-hybridized carbons (Fsp3) is 0.556. The molecule has 0 saturated carbocycles. The van der Waals surface area contributed by atoms with Gasteiger partial charge in [0.1, 0.15) is 17.3 Å². The number of furan rings is 1. The average Bonchev–Trinajstić information content (AvgIpc) is 3.17. The van der Waals surface area contributed by atoms with Gasteiger partial charge in [-0.05, 0) is 26.0 Å². The molecule has 0 aromatic carbocycles. The van der Waals surface area contributed by atoms with Gasteiger partial charge in [-0.15, -0.1) is 0 Å². The highest BCUT2D eigenvalue weighted by atomic mass is 16.5. The predicted octanol–water partition coefficient (Wildman–Crippen LogP) is 1.66. The summed E-state index contributed by atoms with van der Waals surface area (Å²) in [5.41, 5.74) is 0.968. The second kappa shape index (κ2) is 7.84. The van der Waals surface area contributed by atoms with Crippen LogP contribution in [-0.2, 0) is 17.9 Å². The van der Waals surface area contributed by atoms with E-state index in [1.54, 1.807) is 4.90 Å². The molecule has 1 aliphatic rings. The largest absolute Gasteiger partial charge is 0.464 e. The van der Waals surface area contributed by atoms with Gasteiger partial charge in [-0.2, -0.15) is 0 Å². The lowest BCUT2D eigenvalue weighted by molar-refractivity contribution is -0.132. The molecule has 2 aromatic heterocycles. The van der Waals surface area contributed by atoms with Gasteiger partial charge in [0.05, 0.1) is 18.8 Å². The third-order valence-electron chi connectivity index (χ3n) is 4.50. The molecule has 0 N–H and O–H groups in total. The first-order chi connectivity index (χ1) is 12.0. The van der Waals surface area contributed by atoms with Gasteiger partial charge in [-0.1, -0.05) is 5.16 Å². The molecular formula is C18H26N4O3. The van der Waals surface area contributed by atoms with Crippen molar-refractivity contribution in [1.29, 1.82) is 0 Å². The van der Waals surface area contributed by atoms with E-state index in [9.17, 15) is 4.79 Å². The highest BCUT2D eigenvalue weighted by molar-refractivity contribution is 5.77. The summed E-state index contributed by atoms with van der Waals surface area (Å²) in [6.45, 7) is 9.21. The topological polar surface area (TPSA) is 66.0 Å². The number of rotatable bonds is 6. The number of likely N-dealkylation sites (N-methyl/N-ethyl adjacent to an activating group) is 1. The number of hydrogen-bond donors (Lipinski definition) is 0. The van der Waals surface area contributed by atoms with Gasteiger partial charge in [0.2, 0.25) is 5.91 Å². The van der Waals surface area contributed by atoms with Crippen LogP contribution in [0.5, 0.6) is 0 Å². The highest BCUT2D eigenvalue weighted by Crippen LogP contribution is 2.11.